The molecule has 0 aromatic heterocycles. The van der Waals surface area contributed by atoms with E-state index >= 15 is 0 Å². The highest BCUT2D eigenvalue weighted by Gasteiger charge is 2.45. The van der Waals surface area contributed by atoms with Gasteiger partial charge in [-0.15, -0.1) is 0 Å². The van der Waals surface area contributed by atoms with E-state index in [1.165, 1.54) is 51.6 Å². The fraction of sp³-hybridized carbons (Fsp3) is 1.00. The van der Waals surface area contributed by atoms with E-state index in [-0.39, 0.29) is 0 Å². The van der Waals surface area contributed by atoms with Crippen molar-refractivity contribution in [3.05, 3.63) is 0 Å². The average molecular weight is 252 g/mol. The molecule has 2 fully saturated rings. The molecule has 2 atom stereocenters. The smallest absolute Gasteiger partial charge is 0.0362 e. The van der Waals surface area contributed by atoms with Gasteiger partial charge in [-0.3, -0.25) is 4.90 Å². The van der Waals surface area contributed by atoms with Gasteiger partial charge in [-0.05, 0) is 56.5 Å². The van der Waals surface area contributed by atoms with E-state index in [0.29, 0.717) is 5.54 Å². The largest absolute Gasteiger partial charge is 0.329 e. The van der Waals surface area contributed by atoms with Crippen LogP contribution in [-0.2, 0) is 0 Å². The van der Waals surface area contributed by atoms with Crippen LogP contribution in [0.5, 0.6) is 0 Å². The molecule has 0 bridgehead atoms. The van der Waals surface area contributed by atoms with Crippen LogP contribution in [0.2, 0.25) is 0 Å². The molecule has 1 aliphatic carbocycles. The maximum atomic E-state index is 6.29. The van der Waals surface area contributed by atoms with Crippen LogP contribution in [0, 0.1) is 17.8 Å². The summed E-state index contributed by atoms with van der Waals surface area (Å²) in [6.45, 7) is 10.6. The van der Waals surface area contributed by atoms with Crippen LogP contribution >= 0.6 is 0 Å². The Hall–Kier alpha value is -0.0800. The average Bonchev–Trinajstić information content (AvgIpc) is 2.39. The van der Waals surface area contributed by atoms with Gasteiger partial charge in [-0.2, -0.15) is 0 Å². The Labute approximate surface area is 113 Å². The van der Waals surface area contributed by atoms with Crippen LogP contribution in [-0.4, -0.2) is 30.1 Å². The van der Waals surface area contributed by atoms with E-state index < -0.39 is 0 Å². The second kappa shape index (κ2) is 5.92. The number of rotatable bonds is 3. The number of nitrogens with two attached hydrogens (primary N) is 1. The Morgan fingerprint density at radius 1 is 1.17 bits per heavy atom. The molecule has 106 valence electrons. The third-order valence-electron chi connectivity index (χ3n) is 5.64. The lowest BCUT2D eigenvalue weighted by molar-refractivity contribution is -0.0311. The van der Waals surface area contributed by atoms with Gasteiger partial charge in [0.1, 0.15) is 0 Å². The third kappa shape index (κ3) is 2.60. The SMILES string of the molecule is CC1CCN(C2(CN)CCCCC2C(C)C)CC1. The minimum absolute atomic E-state index is 0.326. The topological polar surface area (TPSA) is 29.3 Å². The molecule has 1 aliphatic heterocycles. The fourth-order valence-electron chi connectivity index (χ4n) is 4.43. The van der Waals surface area contributed by atoms with E-state index in [1.54, 1.807) is 0 Å². The Morgan fingerprint density at radius 3 is 2.39 bits per heavy atom. The first-order chi connectivity index (χ1) is 8.60. The first-order valence-electron chi connectivity index (χ1n) is 8.05. The van der Waals surface area contributed by atoms with Gasteiger partial charge >= 0.3 is 0 Å². The number of hydrogen-bond donors (Lipinski definition) is 1. The number of piperidine rings is 1. The molecule has 0 aromatic rings. The normalized spacial score (nSPS) is 36.2. The van der Waals surface area contributed by atoms with Gasteiger partial charge in [-0.1, -0.05) is 33.6 Å². The summed E-state index contributed by atoms with van der Waals surface area (Å²) in [4.78, 5) is 2.77. The third-order valence-corrected chi connectivity index (χ3v) is 5.64. The van der Waals surface area contributed by atoms with Crippen LogP contribution < -0.4 is 5.73 Å². The molecule has 2 rings (SSSR count). The van der Waals surface area contributed by atoms with Crippen LogP contribution in [0.1, 0.15) is 59.3 Å². The highest BCUT2D eigenvalue weighted by Crippen LogP contribution is 2.43. The molecular weight excluding hydrogens is 220 g/mol. The van der Waals surface area contributed by atoms with Gasteiger partial charge in [0.2, 0.25) is 0 Å². The van der Waals surface area contributed by atoms with E-state index in [0.717, 1.165) is 24.3 Å². The zero-order valence-corrected chi connectivity index (χ0v) is 12.6. The fourth-order valence-corrected chi connectivity index (χ4v) is 4.43. The van der Waals surface area contributed by atoms with Gasteiger partial charge in [0.25, 0.3) is 0 Å². The van der Waals surface area contributed by atoms with Crippen molar-refractivity contribution < 1.29 is 0 Å². The van der Waals surface area contributed by atoms with E-state index in [9.17, 15) is 0 Å². The summed E-state index contributed by atoms with van der Waals surface area (Å²) in [7, 11) is 0. The van der Waals surface area contributed by atoms with Crippen molar-refractivity contribution in [3.63, 3.8) is 0 Å². The maximum absolute atomic E-state index is 6.29. The minimum atomic E-state index is 0.326. The highest BCUT2D eigenvalue weighted by molar-refractivity contribution is 5.01. The zero-order chi connectivity index (χ0) is 13.2. The standard InChI is InChI=1S/C16H32N2/c1-13(2)15-6-4-5-9-16(15,12-17)18-10-7-14(3)8-11-18/h13-15H,4-12,17H2,1-3H3. The predicted octanol–water partition coefficient (Wildman–Crippen LogP) is 3.26. The first-order valence-corrected chi connectivity index (χ1v) is 8.05. The van der Waals surface area contributed by atoms with Crippen molar-refractivity contribution in [2.24, 2.45) is 23.5 Å². The van der Waals surface area contributed by atoms with Crippen molar-refractivity contribution in [2.75, 3.05) is 19.6 Å². The van der Waals surface area contributed by atoms with Gasteiger partial charge in [0, 0.05) is 12.1 Å². The van der Waals surface area contributed by atoms with Gasteiger partial charge in [0.15, 0.2) is 0 Å². The maximum Gasteiger partial charge on any atom is 0.0362 e. The summed E-state index contributed by atoms with van der Waals surface area (Å²) in [6, 6.07) is 0. The number of likely N-dealkylation sites (tertiary alicyclic amines) is 1. The molecule has 2 nitrogen and oxygen atoms in total. The summed E-state index contributed by atoms with van der Waals surface area (Å²) >= 11 is 0. The molecule has 0 aromatic carbocycles. The van der Waals surface area contributed by atoms with Crippen LogP contribution in [0.25, 0.3) is 0 Å². The Kier molecular flexibility index (Phi) is 4.71. The molecule has 1 heterocycles. The van der Waals surface area contributed by atoms with Crippen molar-refractivity contribution >= 4 is 0 Å². The van der Waals surface area contributed by atoms with Gasteiger partial charge in [0.05, 0.1) is 0 Å². The molecule has 2 aliphatic rings. The highest BCUT2D eigenvalue weighted by atomic mass is 15.2. The molecular formula is C16H32N2. The van der Waals surface area contributed by atoms with Crippen molar-refractivity contribution in [2.45, 2.75) is 64.8 Å². The zero-order valence-electron chi connectivity index (χ0n) is 12.6. The Morgan fingerprint density at radius 2 is 1.83 bits per heavy atom. The van der Waals surface area contributed by atoms with E-state index in [4.69, 9.17) is 5.73 Å². The summed E-state index contributed by atoms with van der Waals surface area (Å²) < 4.78 is 0. The monoisotopic (exact) mass is 252 g/mol. The quantitative estimate of drug-likeness (QED) is 0.835. The second-order valence-corrected chi connectivity index (χ2v) is 7.07. The van der Waals surface area contributed by atoms with Crippen LogP contribution in [0.3, 0.4) is 0 Å². The molecule has 0 amide bonds. The summed E-state index contributed by atoms with van der Waals surface area (Å²) in [5, 5.41) is 0. The van der Waals surface area contributed by atoms with Gasteiger partial charge < -0.3 is 5.73 Å². The van der Waals surface area contributed by atoms with Crippen molar-refractivity contribution in [1.29, 1.82) is 0 Å². The molecule has 0 spiro atoms. The number of hydrogen-bond acceptors (Lipinski definition) is 2. The molecule has 1 saturated heterocycles. The summed E-state index contributed by atoms with van der Waals surface area (Å²) in [6.07, 6.45) is 8.25. The van der Waals surface area contributed by atoms with Crippen molar-refractivity contribution in [1.82, 2.24) is 4.90 Å². The van der Waals surface area contributed by atoms with Crippen LogP contribution in [0.15, 0.2) is 0 Å². The lowest BCUT2D eigenvalue weighted by Crippen LogP contribution is -2.62. The Balaban J connectivity index is 2.16. The second-order valence-electron chi connectivity index (χ2n) is 7.07. The predicted molar refractivity (Wildman–Crippen MR) is 78.6 cm³/mol. The molecule has 18 heavy (non-hydrogen) atoms. The summed E-state index contributed by atoms with van der Waals surface area (Å²) in [5.41, 5.74) is 6.62. The van der Waals surface area contributed by atoms with Crippen molar-refractivity contribution in [3.8, 4) is 0 Å². The minimum Gasteiger partial charge on any atom is -0.329 e. The molecule has 2 N–H and O–H groups in total. The first kappa shape index (κ1) is 14.3. The molecule has 2 heteroatoms. The van der Waals surface area contributed by atoms with E-state index in [1.807, 2.05) is 0 Å². The lowest BCUT2D eigenvalue weighted by Gasteiger charge is -2.54. The molecule has 0 radical (unpaired) electrons. The molecule has 1 saturated carbocycles. The van der Waals surface area contributed by atoms with Crippen LogP contribution in [0.4, 0.5) is 0 Å². The summed E-state index contributed by atoms with van der Waals surface area (Å²) in [5.74, 6) is 2.50. The lowest BCUT2D eigenvalue weighted by atomic mass is 9.66. The molecule has 2 unspecified atom stereocenters. The number of nitrogens with zero attached hydrogens (tertiary/aromatic N) is 1. The van der Waals surface area contributed by atoms with E-state index in [2.05, 4.69) is 25.7 Å². The Bertz CT molecular complexity index is 256. The van der Waals surface area contributed by atoms with Gasteiger partial charge in [-0.25, -0.2) is 0 Å².